The summed E-state index contributed by atoms with van der Waals surface area (Å²) in [5.41, 5.74) is 5.43. The van der Waals surface area contributed by atoms with Crippen LogP contribution < -0.4 is 5.73 Å². The summed E-state index contributed by atoms with van der Waals surface area (Å²) in [6.07, 6.45) is 4.29. The molecule has 0 radical (unpaired) electrons. The van der Waals surface area contributed by atoms with Crippen LogP contribution in [0.5, 0.6) is 0 Å². The van der Waals surface area contributed by atoms with Gasteiger partial charge in [0.25, 0.3) is 0 Å². The Morgan fingerprint density at radius 1 is 1.53 bits per heavy atom. The lowest BCUT2D eigenvalue weighted by atomic mass is 10.0. The first kappa shape index (κ1) is 14.4. The smallest absolute Gasteiger partial charge is 0.236 e. The molecule has 1 fully saturated rings. The number of carbonyl (C=O) groups is 1. The Balaban J connectivity index is 2.34. The van der Waals surface area contributed by atoms with Crippen LogP contribution in [0, 0.1) is 0 Å². The van der Waals surface area contributed by atoms with E-state index in [0.29, 0.717) is 30.5 Å². The molecule has 0 bridgehead atoms. The molecule has 4 nitrogen and oxygen atoms in total. The van der Waals surface area contributed by atoms with Gasteiger partial charge in [-0.3, -0.25) is 9.69 Å². The molecule has 0 aromatic heterocycles. The second-order valence-electron chi connectivity index (χ2n) is 4.85. The molecule has 0 saturated carbocycles. The maximum Gasteiger partial charge on any atom is 0.236 e. The lowest BCUT2D eigenvalue weighted by Gasteiger charge is -2.33. The number of likely N-dealkylation sites (N-methyl/N-ethyl adjacent to an activating group) is 1. The lowest BCUT2D eigenvalue weighted by molar-refractivity contribution is -0.131. The van der Waals surface area contributed by atoms with Crippen LogP contribution in [0.3, 0.4) is 0 Å². The molecule has 17 heavy (non-hydrogen) atoms. The van der Waals surface area contributed by atoms with Gasteiger partial charge >= 0.3 is 0 Å². The van der Waals surface area contributed by atoms with Gasteiger partial charge in [-0.25, -0.2) is 0 Å². The largest absolute Gasteiger partial charge is 0.393 e. The Labute approximate surface area is 109 Å². The summed E-state index contributed by atoms with van der Waals surface area (Å²) in [5, 5.41) is 0. The minimum atomic E-state index is 0.162. The van der Waals surface area contributed by atoms with Gasteiger partial charge in [-0.1, -0.05) is 18.6 Å². The van der Waals surface area contributed by atoms with Crippen molar-refractivity contribution < 1.29 is 4.79 Å². The molecule has 1 amide bonds. The Morgan fingerprint density at radius 3 is 2.82 bits per heavy atom. The molecule has 0 spiro atoms. The Bertz CT molecular complexity index is 283. The van der Waals surface area contributed by atoms with Gasteiger partial charge in [-0.2, -0.15) is 0 Å². The number of thiocarbonyl (C=S) groups is 1. The van der Waals surface area contributed by atoms with Crippen molar-refractivity contribution in [3.8, 4) is 0 Å². The summed E-state index contributed by atoms with van der Waals surface area (Å²) in [4.78, 5) is 16.4. The molecule has 1 saturated heterocycles. The molecule has 1 atom stereocenters. The van der Waals surface area contributed by atoms with Crippen LogP contribution in [-0.4, -0.2) is 53.4 Å². The van der Waals surface area contributed by atoms with Gasteiger partial charge < -0.3 is 10.6 Å². The van der Waals surface area contributed by atoms with E-state index in [-0.39, 0.29) is 5.91 Å². The quantitative estimate of drug-likeness (QED) is 0.746. The van der Waals surface area contributed by atoms with Gasteiger partial charge in [-0.05, 0) is 26.3 Å². The molecule has 98 valence electrons. The van der Waals surface area contributed by atoms with Crippen molar-refractivity contribution in [2.75, 3.05) is 26.7 Å². The fraction of sp³-hybridized carbons (Fsp3) is 0.833. The number of hydrogen-bond acceptors (Lipinski definition) is 3. The average Bonchev–Trinajstić information content (AvgIpc) is 2.28. The zero-order valence-corrected chi connectivity index (χ0v) is 11.6. The van der Waals surface area contributed by atoms with Crippen molar-refractivity contribution in [3.63, 3.8) is 0 Å². The Morgan fingerprint density at radius 2 is 2.24 bits per heavy atom. The monoisotopic (exact) mass is 257 g/mol. The van der Waals surface area contributed by atoms with E-state index >= 15 is 0 Å². The maximum absolute atomic E-state index is 12.0. The van der Waals surface area contributed by atoms with E-state index in [1.807, 2.05) is 7.05 Å². The third-order valence-corrected chi connectivity index (χ3v) is 3.60. The summed E-state index contributed by atoms with van der Waals surface area (Å²) in [6.45, 7) is 4.38. The van der Waals surface area contributed by atoms with Crippen molar-refractivity contribution in [3.05, 3.63) is 0 Å². The topological polar surface area (TPSA) is 49.6 Å². The molecular weight excluding hydrogens is 234 g/mol. The summed E-state index contributed by atoms with van der Waals surface area (Å²) in [6, 6.07) is 0.525. The summed E-state index contributed by atoms with van der Waals surface area (Å²) < 4.78 is 0. The average molecular weight is 257 g/mol. The zero-order valence-electron chi connectivity index (χ0n) is 10.8. The van der Waals surface area contributed by atoms with Crippen LogP contribution in [0.15, 0.2) is 0 Å². The number of carbonyl (C=O) groups excluding carboxylic acids is 1. The van der Waals surface area contributed by atoms with Gasteiger partial charge in [-0.15, -0.1) is 0 Å². The highest BCUT2D eigenvalue weighted by Crippen LogP contribution is 2.15. The summed E-state index contributed by atoms with van der Waals surface area (Å²) >= 11 is 4.81. The predicted octanol–water partition coefficient (Wildman–Crippen LogP) is 0.995. The fourth-order valence-corrected chi connectivity index (χ4v) is 2.18. The molecule has 0 aromatic rings. The molecule has 0 aliphatic carbocycles. The van der Waals surface area contributed by atoms with E-state index in [9.17, 15) is 4.79 Å². The van der Waals surface area contributed by atoms with Crippen LogP contribution in [0.4, 0.5) is 0 Å². The zero-order chi connectivity index (χ0) is 12.8. The molecule has 1 unspecified atom stereocenters. The Kier molecular flexibility index (Phi) is 5.85. The highest BCUT2D eigenvalue weighted by molar-refractivity contribution is 7.80. The van der Waals surface area contributed by atoms with Gasteiger partial charge in [0.05, 0.1) is 11.5 Å². The number of likely N-dealkylation sites (tertiary alicyclic amines) is 1. The van der Waals surface area contributed by atoms with Crippen molar-refractivity contribution in [1.29, 1.82) is 0 Å². The first-order chi connectivity index (χ1) is 8.00. The molecule has 2 N–H and O–H groups in total. The first-order valence-electron chi connectivity index (χ1n) is 6.27. The van der Waals surface area contributed by atoms with E-state index in [4.69, 9.17) is 18.0 Å². The van der Waals surface area contributed by atoms with Gasteiger partial charge in [0.1, 0.15) is 0 Å². The van der Waals surface area contributed by atoms with Crippen LogP contribution in [-0.2, 0) is 4.79 Å². The molecule has 0 aromatic carbocycles. The predicted molar refractivity (Wildman–Crippen MR) is 73.9 cm³/mol. The van der Waals surface area contributed by atoms with Crippen molar-refractivity contribution in [2.45, 2.75) is 38.6 Å². The molecule has 1 heterocycles. The van der Waals surface area contributed by atoms with Crippen molar-refractivity contribution in [2.24, 2.45) is 5.73 Å². The van der Waals surface area contributed by atoms with Crippen LogP contribution in [0.25, 0.3) is 0 Å². The highest BCUT2D eigenvalue weighted by Gasteiger charge is 2.21. The van der Waals surface area contributed by atoms with Crippen LogP contribution in [0.1, 0.15) is 32.6 Å². The van der Waals surface area contributed by atoms with E-state index in [1.54, 1.807) is 4.90 Å². The Hall–Kier alpha value is -0.680. The first-order valence-corrected chi connectivity index (χ1v) is 6.68. The summed E-state index contributed by atoms with van der Waals surface area (Å²) in [7, 11) is 1.81. The highest BCUT2D eigenvalue weighted by atomic mass is 32.1. The van der Waals surface area contributed by atoms with Crippen molar-refractivity contribution >= 4 is 23.1 Å². The maximum atomic E-state index is 12.0. The number of amides is 1. The second-order valence-corrected chi connectivity index (χ2v) is 5.37. The molecule has 5 heteroatoms. The normalized spacial score (nSPS) is 21.2. The standard InChI is InChI=1S/C12H23N3OS/c1-10-5-3-4-7-15(10)9-12(16)14(2)8-6-11(13)17/h10H,3-9H2,1-2H3,(H2,13,17). The van der Waals surface area contributed by atoms with E-state index in [2.05, 4.69) is 11.8 Å². The molecular formula is C12H23N3OS. The molecule has 1 rings (SSSR count). The third-order valence-electron chi connectivity index (χ3n) is 3.40. The van der Waals surface area contributed by atoms with Crippen molar-refractivity contribution in [1.82, 2.24) is 9.80 Å². The fourth-order valence-electron chi connectivity index (χ4n) is 2.09. The van der Waals surface area contributed by atoms with Gasteiger partial charge in [0, 0.05) is 26.1 Å². The van der Waals surface area contributed by atoms with E-state index < -0.39 is 0 Å². The minimum absolute atomic E-state index is 0.162. The van der Waals surface area contributed by atoms with Crippen LogP contribution >= 0.6 is 12.2 Å². The van der Waals surface area contributed by atoms with E-state index in [1.165, 1.54) is 19.3 Å². The number of rotatable bonds is 5. The van der Waals surface area contributed by atoms with E-state index in [0.717, 1.165) is 6.54 Å². The minimum Gasteiger partial charge on any atom is -0.393 e. The number of nitrogens with two attached hydrogens (primary N) is 1. The third kappa shape index (κ3) is 5.00. The number of nitrogens with zero attached hydrogens (tertiary/aromatic N) is 2. The summed E-state index contributed by atoms with van der Waals surface area (Å²) in [5.74, 6) is 0.162. The second kappa shape index (κ2) is 6.91. The number of piperidine rings is 1. The molecule has 1 aliphatic rings. The van der Waals surface area contributed by atoms with Gasteiger partial charge in [0.2, 0.25) is 5.91 Å². The van der Waals surface area contributed by atoms with Gasteiger partial charge in [0.15, 0.2) is 0 Å². The SMILES string of the molecule is CC1CCCCN1CC(=O)N(C)CCC(N)=S. The number of hydrogen-bond donors (Lipinski definition) is 1. The lowest BCUT2D eigenvalue weighted by Crippen LogP contribution is -2.45. The molecule has 1 aliphatic heterocycles. The van der Waals surface area contributed by atoms with Crippen LogP contribution in [0.2, 0.25) is 0 Å².